The van der Waals surface area contributed by atoms with Crippen LogP contribution in [0.4, 0.5) is 0 Å². The van der Waals surface area contributed by atoms with Gasteiger partial charge < -0.3 is 29.5 Å². The summed E-state index contributed by atoms with van der Waals surface area (Å²) in [4.78, 5) is 54.0. The second-order valence-corrected chi connectivity index (χ2v) is 12.7. The molecule has 3 N–H and O–H groups in total. The number of aliphatic hydroxyl groups excluding tert-OH is 1. The summed E-state index contributed by atoms with van der Waals surface area (Å²) in [5, 5.41) is 35.8. The summed E-state index contributed by atoms with van der Waals surface area (Å²) in [6.07, 6.45) is 2.50. The highest BCUT2D eigenvalue weighted by molar-refractivity contribution is 5.99. The van der Waals surface area contributed by atoms with Gasteiger partial charge in [-0.05, 0) is 50.0 Å². The lowest BCUT2D eigenvalue weighted by Gasteiger charge is -2.60. The average Bonchev–Trinajstić information content (AvgIpc) is 3.15. The van der Waals surface area contributed by atoms with Crippen molar-refractivity contribution in [1.82, 2.24) is 0 Å². The molecule has 4 aliphatic heterocycles. The number of aliphatic hydroxyl groups is 3. The molecule has 0 aromatic carbocycles. The van der Waals surface area contributed by atoms with Crippen molar-refractivity contribution in [2.75, 3.05) is 0 Å². The van der Waals surface area contributed by atoms with Gasteiger partial charge in [-0.25, -0.2) is 4.79 Å². The molecule has 1 spiro atoms. The first-order valence-corrected chi connectivity index (χ1v) is 12.9. The first-order chi connectivity index (χ1) is 17.2. The third-order valence-corrected chi connectivity index (χ3v) is 11.1. The number of ether oxygens (including phenoxy) is 3. The quantitative estimate of drug-likeness (QED) is 0.383. The lowest BCUT2D eigenvalue weighted by Crippen LogP contribution is -2.77. The molecule has 0 amide bonds. The molecule has 3 unspecified atom stereocenters. The molecular formula is C27H30O10. The Kier molecular flexibility index (Phi) is 4.11. The van der Waals surface area contributed by atoms with Crippen molar-refractivity contribution in [3.8, 4) is 0 Å². The van der Waals surface area contributed by atoms with E-state index in [1.54, 1.807) is 26.0 Å². The lowest BCUT2D eigenvalue weighted by atomic mass is 9.48. The molecular weight excluding hydrogens is 484 g/mol. The highest BCUT2D eigenvalue weighted by Crippen LogP contribution is 2.72. The lowest BCUT2D eigenvalue weighted by molar-refractivity contribution is -0.348. The van der Waals surface area contributed by atoms with Gasteiger partial charge in [-0.1, -0.05) is 25.2 Å². The third-order valence-electron chi connectivity index (χ3n) is 11.1. The van der Waals surface area contributed by atoms with Crippen molar-refractivity contribution < 1.29 is 48.7 Å². The van der Waals surface area contributed by atoms with Gasteiger partial charge in [-0.3, -0.25) is 14.4 Å². The van der Waals surface area contributed by atoms with Crippen molar-refractivity contribution in [3.63, 3.8) is 0 Å². The predicted molar refractivity (Wildman–Crippen MR) is 121 cm³/mol. The summed E-state index contributed by atoms with van der Waals surface area (Å²) in [7, 11) is 0. The fraction of sp³-hybridized carbons (Fsp3) is 0.704. The number of esters is 2. The van der Waals surface area contributed by atoms with Gasteiger partial charge in [0.1, 0.15) is 11.9 Å². The van der Waals surface area contributed by atoms with Crippen LogP contribution in [-0.2, 0) is 33.4 Å². The maximum atomic E-state index is 14.5. The summed E-state index contributed by atoms with van der Waals surface area (Å²) in [5.74, 6) is -8.62. The summed E-state index contributed by atoms with van der Waals surface area (Å²) in [6.45, 7) is 4.89. The Hall–Kier alpha value is -2.40. The van der Waals surface area contributed by atoms with Crippen LogP contribution in [0.15, 0.2) is 23.8 Å². The maximum absolute atomic E-state index is 14.5. The van der Waals surface area contributed by atoms with Gasteiger partial charge in [0.15, 0.2) is 22.6 Å². The highest BCUT2D eigenvalue weighted by Gasteiger charge is 2.91. The molecule has 7 aliphatic rings. The molecule has 10 heteroatoms. The van der Waals surface area contributed by atoms with Crippen LogP contribution in [0.1, 0.15) is 52.9 Å². The van der Waals surface area contributed by atoms with Crippen LogP contribution >= 0.6 is 0 Å². The Balaban J connectivity index is 1.51. The molecule has 37 heavy (non-hydrogen) atoms. The zero-order valence-corrected chi connectivity index (χ0v) is 20.9. The fourth-order valence-corrected chi connectivity index (χ4v) is 9.31. The summed E-state index contributed by atoms with van der Waals surface area (Å²) < 4.78 is 17.8. The Labute approximate surface area is 212 Å². The van der Waals surface area contributed by atoms with Crippen molar-refractivity contribution in [2.45, 2.75) is 87.7 Å². The van der Waals surface area contributed by atoms with Crippen molar-refractivity contribution in [2.24, 2.45) is 28.6 Å². The maximum Gasteiger partial charge on any atom is 0.342 e. The van der Waals surface area contributed by atoms with Gasteiger partial charge in [0.2, 0.25) is 5.79 Å². The molecule has 4 saturated heterocycles. The first-order valence-electron chi connectivity index (χ1n) is 12.9. The molecule has 1 saturated carbocycles. The number of allylic oxidation sites excluding steroid dienone is 3. The summed E-state index contributed by atoms with van der Waals surface area (Å²) in [5.41, 5.74) is -7.93. The first kappa shape index (κ1) is 23.7. The number of Topliss-reactive ketones (excluding diaryl/α,β-unsaturated/α-hetero) is 2. The number of carbonyl (C=O) groups is 4. The molecule has 4 bridgehead atoms. The van der Waals surface area contributed by atoms with E-state index in [-0.39, 0.29) is 37.9 Å². The van der Waals surface area contributed by atoms with Crippen LogP contribution in [0.5, 0.6) is 0 Å². The standard InChI is InChI=1S/C27H30O10/c1-22-10-16(35-17(30)11-22)24(3)27-19(22)20(31)26(34,37-27)18-13(7-8-25(27,33)21(32)36-24)23(2)12(9-14(18)28)5-4-6-15(23)29/h4-5,9,13-14,16,18-19,28,33-34H,6-8,10-11H2,1-3H3/t13?,14-,16+,18?,19?,22+,23-,24-,25+,26+,27-/m0/s1. The minimum atomic E-state index is -2.66. The molecule has 10 nitrogen and oxygen atoms in total. The van der Waals surface area contributed by atoms with E-state index in [1.165, 1.54) is 13.0 Å². The van der Waals surface area contributed by atoms with Crippen molar-refractivity contribution in [3.05, 3.63) is 23.8 Å². The second-order valence-electron chi connectivity index (χ2n) is 12.7. The van der Waals surface area contributed by atoms with E-state index in [0.717, 1.165) is 0 Å². The summed E-state index contributed by atoms with van der Waals surface area (Å²) in [6, 6.07) is 0. The second kappa shape index (κ2) is 6.42. The molecule has 4 heterocycles. The highest BCUT2D eigenvalue weighted by atomic mass is 16.7. The van der Waals surface area contributed by atoms with Gasteiger partial charge in [0, 0.05) is 6.42 Å². The van der Waals surface area contributed by atoms with Crippen molar-refractivity contribution >= 4 is 23.5 Å². The van der Waals surface area contributed by atoms with E-state index >= 15 is 0 Å². The Morgan fingerprint density at radius 3 is 2.54 bits per heavy atom. The van der Waals surface area contributed by atoms with Crippen LogP contribution in [0.2, 0.25) is 0 Å². The fourth-order valence-electron chi connectivity index (χ4n) is 9.31. The van der Waals surface area contributed by atoms with Gasteiger partial charge in [-0.15, -0.1) is 0 Å². The van der Waals surface area contributed by atoms with E-state index in [1.807, 2.05) is 0 Å². The van der Waals surface area contributed by atoms with Crippen LogP contribution in [0, 0.1) is 28.6 Å². The molecule has 11 atom stereocenters. The van der Waals surface area contributed by atoms with E-state index in [2.05, 4.69) is 0 Å². The average molecular weight is 515 g/mol. The molecule has 0 aromatic heterocycles. The van der Waals surface area contributed by atoms with Gasteiger partial charge in [0.05, 0.1) is 29.8 Å². The van der Waals surface area contributed by atoms with E-state index in [4.69, 9.17) is 14.2 Å². The molecule has 7 rings (SSSR count). The number of rotatable bonds is 0. The number of carbonyl (C=O) groups excluding carboxylic acids is 4. The monoisotopic (exact) mass is 514 g/mol. The van der Waals surface area contributed by atoms with E-state index in [0.29, 0.717) is 5.57 Å². The number of hydrogen-bond donors (Lipinski definition) is 3. The number of hydrogen-bond acceptors (Lipinski definition) is 10. The Bertz CT molecular complexity index is 1270. The number of ketones is 2. The van der Waals surface area contributed by atoms with Crippen molar-refractivity contribution in [1.29, 1.82) is 0 Å². The van der Waals surface area contributed by atoms with Crippen LogP contribution in [0.25, 0.3) is 0 Å². The van der Waals surface area contributed by atoms with Crippen LogP contribution < -0.4 is 0 Å². The van der Waals surface area contributed by atoms with Gasteiger partial charge in [0.25, 0.3) is 0 Å². The third kappa shape index (κ3) is 2.23. The van der Waals surface area contributed by atoms with Crippen LogP contribution in [-0.4, -0.2) is 73.6 Å². The number of fused-ring (bicyclic) bond motifs is 9. The smallest absolute Gasteiger partial charge is 0.342 e. The SMILES string of the molecule is C[C@]12CC(=O)O[C@H](C1)[C@]1(C)OC(=O)[C@]3(O)CCC4C([C@@H](O)C=C5C=CCC(=O)[C@@]54C)[C@@]4(O)O[C@]31C2C4=O. The molecule has 0 aromatic rings. The minimum absolute atomic E-state index is 0.0332. The molecule has 198 valence electrons. The molecule has 5 fully saturated rings. The van der Waals surface area contributed by atoms with Gasteiger partial charge in [-0.2, -0.15) is 0 Å². The normalized spacial score (nSPS) is 57.4. The minimum Gasteiger partial charge on any atom is -0.458 e. The largest absolute Gasteiger partial charge is 0.458 e. The molecule has 0 radical (unpaired) electrons. The zero-order valence-electron chi connectivity index (χ0n) is 20.9. The van der Waals surface area contributed by atoms with E-state index < -0.39 is 81.1 Å². The Morgan fingerprint density at radius 2 is 1.81 bits per heavy atom. The zero-order chi connectivity index (χ0) is 26.6. The topological polar surface area (TPSA) is 157 Å². The van der Waals surface area contributed by atoms with Gasteiger partial charge >= 0.3 is 11.9 Å². The molecule has 3 aliphatic carbocycles. The van der Waals surface area contributed by atoms with E-state index in [9.17, 15) is 34.5 Å². The summed E-state index contributed by atoms with van der Waals surface area (Å²) >= 11 is 0. The van der Waals surface area contributed by atoms with Crippen LogP contribution in [0.3, 0.4) is 0 Å². The predicted octanol–water partition coefficient (Wildman–Crippen LogP) is 0.264. The Morgan fingerprint density at radius 1 is 1.08 bits per heavy atom.